The van der Waals surface area contributed by atoms with Crippen LogP contribution in [0.4, 0.5) is 51.2 Å². The molecule has 82 heavy (non-hydrogen) atoms. The first-order chi connectivity index (χ1) is 38.1. The Morgan fingerprint density at radius 1 is 0.244 bits per heavy atom. The van der Waals surface area contributed by atoms with Crippen LogP contribution in [0.3, 0.4) is 0 Å². The third kappa shape index (κ3) is 9.21. The van der Waals surface area contributed by atoms with Gasteiger partial charge in [0.05, 0.1) is 0 Å². The maximum absolute atomic E-state index is 7.69. The SMILES string of the molecule is CC(C)(C)c1ccc(N2c3ccc(C(C)(C)C)cc3B3c4cc5c(cc4Oc4cc(C(C)(C)C)cc2c43)N(c2ccc(C(C)(C)C)cc2)c2cc(C(C)(C)C)cc3c2B5c2cc(C(C)(C)C)ccc2N3c2ccc(C(C)(C)C)cc2)cc1. The van der Waals surface area contributed by atoms with Gasteiger partial charge in [0.25, 0.3) is 13.4 Å². The largest absolute Gasteiger partial charge is 0.458 e. The molecule has 0 aromatic heterocycles. The Hall–Kier alpha value is -6.91. The van der Waals surface area contributed by atoms with Crippen LogP contribution in [0.15, 0.2) is 146 Å². The predicted molar refractivity (Wildman–Crippen MR) is 357 cm³/mol. The molecule has 0 saturated carbocycles. The van der Waals surface area contributed by atoms with Gasteiger partial charge < -0.3 is 19.4 Å². The molecule has 4 nitrogen and oxygen atoms in total. The van der Waals surface area contributed by atoms with Crippen molar-refractivity contribution in [3.8, 4) is 11.5 Å². The summed E-state index contributed by atoms with van der Waals surface area (Å²) in [7, 11) is 0. The van der Waals surface area contributed by atoms with E-state index in [0.717, 1.165) is 28.6 Å². The second kappa shape index (κ2) is 18.3. The molecular weight excluding hydrogens is 992 g/mol. The molecule has 4 aliphatic rings. The van der Waals surface area contributed by atoms with Crippen molar-refractivity contribution in [3.05, 3.63) is 185 Å². The third-order valence-corrected chi connectivity index (χ3v) is 18.4. The highest BCUT2D eigenvalue weighted by Gasteiger charge is 2.49. The van der Waals surface area contributed by atoms with Gasteiger partial charge in [0.2, 0.25) is 0 Å². The van der Waals surface area contributed by atoms with Crippen LogP contribution in [0, 0.1) is 0 Å². The monoisotopic (exact) mass is 1080 g/mol. The summed E-state index contributed by atoms with van der Waals surface area (Å²) < 4.78 is 7.69. The van der Waals surface area contributed by atoms with Gasteiger partial charge in [-0.05, 0) is 182 Å². The van der Waals surface area contributed by atoms with E-state index in [1.807, 2.05) is 0 Å². The van der Waals surface area contributed by atoms with Crippen molar-refractivity contribution in [2.75, 3.05) is 14.7 Å². The number of hydrogen-bond acceptors (Lipinski definition) is 4. The lowest BCUT2D eigenvalue weighted by Gasteiger charge is -2.46. The fourth-order valence-electron chi connectivity index (χ4n) is 13.2. The maximum Gasteiger partial charge on any atom is 0.256 e. The minimum Gasteiger partial charge on any atom is -0.458 e. The molecular formula is C76H87B2N3O. The summed E-state index contributed by atoms with van der Waals surface area (Å²) in [6.07, 6.45) is 0. The van der Waals surface area contributed by atoms with Gasteiger partial charge in [0.15, 0.2) is 0 Å². The Morgan fingerprint density at radius 2 is 0.549 bits per heavy atom. The topological polar surface area (TPSA) is 19.0 Å². The molecule has 0 radical (unpaired) electrons. The van der Waals surface area contributed by atoms with Gasteiger partial charge in [0.1, 0.15) is 11.5 Å². The first-order valence-electron chi connectivity index (χ1n) is 30.3. The Kier molecular flexibility index (Phi) is 12.4. The summed E-state index contributed by atoms with van der Waals surface area (Å²) in [5.74, 6) is 1.85. The van der Waals surface area contributed by atoms with Crippen LogP contribution in [0.2, 0.25) is 0 Å². The Labute approximate surface area is 493 Å². The molecule has 4 aliphatic heterocycles. The highest BCUT2D eigenvalue weighted by Crippen LogP contribution is 2.50. The molecule has 0 saturated heterocycles. The van der Waals surface area contributed by atoms with E-state index >= 15 is 0 Å². The Balaban J connectivity index is 1.19. The van der Waals surface area contributed by atoms with E-state index in [1.54, 1.807) is 0 Å². The van der Waals surface area contributed by atoms with Gasteiger partial charge in [-0.2, -0.15) is 0 Å². The summed E-state index contributed by atoms with van der Waals surface area (Å²) in [5.41, 5.74) is 27.1. The standard InChI is InChI=1S/C76H87B2N3O/c1-70(2,3)46-22-30-53(31-23-46)79-60-36-28-49(73(10,11)12)38-56(60)77-58-44-59-66(45-62(58)81(55-34-26-48(27-35-55)72(7,8)9)64-41-51(75(16,17)18)40-63(79)68(64)77)82-67-43-52(76(19,20)21)42-65-69(67)78(59)57-39-50(74(13,14)15)29-37-61(57)80(65)54-32-24-47(25-33-54)71(4,5)6/h22-45H,1-21H3. The van der Waals surface area contributed by atoms with Gasteiger partial charge in [-0.3, -0.25) is 0 Å². The Morgan fingerprint density at radius 3 is 0.915 bits per heavy atom. The fourth-order valence-corrected chi connectivity index (χ4v) is 13.2. The lowest BCUT2D eigenvalue weighted by atomic mass is 9.30. The van der Waals surface area contributed by atoms with Crippen molar-refractivity contribution in [2.24, 2.45) is 0 Å². The summed E-state index contributed by atoms with van der Waals surface area (Å²) in [6, 6.07) is 57.8. The molecule has 0 atom stereocenters. The zero-order chi connectivity index (χ0) is 58.9. The quantitative estimate of drug-likeness (QED) is 0.164. The molecule has 12 rings (SSSR count). The van der Waals surface area contributed by atoms with E-state index in [-0.39, 0.29) is 51.3 Å². The van der Waals surface area contributed by atoms with E-state index in [1.165, 1.54) is 106 Å². The average Bonchev–Trinajstić information content (AvgIpc) is 0.809. The van der Waals surface area contributed by atoms with E-state index in [4.69, 9.17) is 4.74 Å². The van der Waals surface area contributed by atoms with E-state index < -0.39 is 0 Å². The zero-order valence-corrected chi connectivity index (χ0v) is 53.3. The van der Waals surface area contributed by atoms with Crippen LogP contribution >= 0.6 is 0 Å². The maximum atomic E-state index is 7.69. The van der Waals surface area contributed by atoms with Crippen molar-refractivity contribution < 1.29 is 4.74 Å². The average molecular weight is 1080 g/mol. The van der Waals surface area contributed by atoms with Crippen molar-refractivity contribution in [2.45, 2.75) is 183 Å². The van der Waals surface area contributed by atoms with Crippen LogP contribution in [-0.2, 0) is 37.9 Å². The molecule has 8 aromatic carbocycles. The van der Waals surface area contributed by atoms with Gasteiger partial charge in [-0.1, -0.05) is 212 Å². The van der Waals surface area contributed by atoms with Crippen LogP contribution in [0.25, 0.3) is 0 Å². The van der Waals surface area contributed by atoms with Gasteiger partial charge in [0, 0.05) is 57.3 Å². The fraction of sp³-hybridized carbons (Fsp3) is 0.368. The zero-order valence-electron chi connectivity index (χ0n) is 53.3. The number of fused-ring (bicyclic) bond motifs is 8. The second-order valence-electron chi connectivity index (χ2n) is 31.7. The summed E-state index contributed by atoms with van der Waals surface area (Å²) in [5, 5.41) is 0. The third-order valence-electron chi connectivity index (χ3n) is 18.4. The number of nitrogens with zero attached hydrogens (tertiary/aromatic N) is 3. The van der Waals surface area contributed by atoms with Crippen LogP contribution in [0.5, 0.6) is 11.5 Å². The smallest absolute Gasteiger partial charge is 0.256 e. The summed E-state index contributed by atoms with van der Waals surface area (Å²) in [4.78, 5) is 7.73. The highest BCUT2D eigenvalue weighted by atomic mass is 16.5. The minimum absolute atomic E-state index is 0.00801. The predicted octanol–water partition coefficient (Wildman–Crippen LogP) is 17.3. The van der Waals surface area contributed by atoms with Crippen LogP contribution < -0.4 is 52.2 Å². The molecule has 0 bridgehead atoms. The molecule has 0 unspecified atom stereocenters. The van der Waals surface area contributed by atoms with Crippen LogP contribution in [0.1, 0.15) is 184 Å². The molecule has 0 aliphatic carbocycles. The minimum atomic E-state index is -0.158. The Bertz CT molecular complexity index is 3870. The van der Waals surface area contributed by atoms with Crippen molar-refractivity contribution in [3.63, 3.8) is 0 Å². The molecule has 418 valence electrons. The summed E-state index contributed by atoms with van der Waals surface area (Å²) in [6.45, 7) is 48.8. The number of ether oxygens (including phenoxy) is 1. The van der Waals surface area contributed by atoms with Crippen molar-refractivity contribution >= 4 is 97.4 Å². The normalized spacial score (nSPS) is 14.9. The first kappa shape index (κ1) is 55.6. The molecule has 0 N–H and O–H groups in total. The van der Waals surface area contributed by atoms with Crippen molar-refractivity contribution in [1.29, 1.82) is 0 Å². The number of anilines is 9. The second-order valence-corrected chi connectivity index (χ2v) is 31.7. The van der Waals surface area contributed by atoms with E-state index in [0.29, 0.717) is 0 Å². The molecule has 6 heteroatoms. The number of rotatable bonds is 3. The number of hydrogen-bond donors (Lipinski definition) is 0. The number of benzene rings is 8. The van der Waals surface area contributed by atoms with E-state index in [2.05, 4.69) is 306 Å². The van der Waals surface area contributed by atoms with E-state index in [9.17, 15) is 0 Å². The molecule has 0 amide bonds. The highest BCUT2D eigenvalue weighted by molar-refractivity contribution is 7.02. The first-order valence-corrected chi connectivity index (χ1v) is 30.3. The molecule has 8 aromatic rings. The molecule has 0 fully saturated rings. The van der Waals surface area contributed by atoms with Gasteiger partial charge in [-0.25, -0.2) is 0 Å². The lowest BCUT2D eigenvalue weighted by molar-refractivity contribution is 0.483. The molecule has 4 heterocycles. The summed E-state index contributed by atoms with van der Waals surface area (Å²) >= 11 is 0. The van der Waals surface area contributed by atoms with Crippen LogP contribution in [-0.4, -0.2) is 13.4 Å². The van der Waals surface area contributed by atoms with Crippen molar-refractivity contribution in [1.82, 2.24) is 0 Å². The molecule has 0 spiro atoms. The van der Waals surface area contributed by atoms with Gasteiger partial charge >= 0.3 is 0 Å². The van der Waals surface area contributed by atoms with Gasteiger partial charge in [-0.15, -0.1) is 0 Å². The lowest BCUT2D eigenvalue weighted by Crippen LogP contribution is -2.64.